The summed E-state index contributed by atoms with van der Waals surface area (Å²) in [5, 5.41) is 15.3. The Balaban J connectivity index is 2.20. The van der Waals surface area contributed by atoms with Crippen LogP contribution >= 0.6 is 0 Å². The molecule has 0 aliphatic heterocycles. The zero-order chi connectivity index (χ0) is 17.0. The maximum Gasteiger partial charge on any atom is 0.132 e. The van der Waals surface area contributed by atoms with Gasteiger partial charge in [-0.3, -0.25) is 0 Å². The summed E-state index contributed by atoms with van der Waals surface area (Å²) in [5.74, 6) is 6.23. The van der Waals surface area contributed by atoms with Gasteiger partial charge in [0.25, 0.3) is 0 Å². The van der Waals surface area contributed by atoms with E-state index in [0.717, 1.165) is 16.3 Å². The molecule has 0 saturated heterocycles. The first kappa shape index (κ1) is 16.1. The zero-order valence-corrected chi connectivity index (χ0v) is 13.6. The van der Waals surface area contributed by atoms with Crippen LogP contribution in [-0.2, 0) is 0 Å². The van der Waals surface area contributed by atoms with Gasteiger partial charge in [0.15, 0.2) is 0 Å². The fourth-order valence-corrected chi connectivity index (χ4v) is 3.01. The van der Waals surface area contributed by atoms with Gasteiger partial charge < -0.3 is 5.11 Å². The van der Waals surface area contributed by atoms with Crippen molar-refractivity contribution in [1.29, 1.82) is 0 Å². The third kappa shape index (κ3) is 3.11. The number of fused-ring (bicyclic) bond motifs is 3. The summed E-state index contributed by atoms with van der Waals surface area (Å²) in [6.07, 6.45) is 4.21. The van der Waals surface area contributed by atoms with Gasteiger partial charge in [0.2, 0.25) is 0 Å². The van der Waals surface area contributed by atoms with Gasteiger partial charge in [-0.15, -0.1) is 13.2 Å². The minimum atomic E-state index is -1.11. The molecule has 3 aromatic carbocycles. The van der Waals surface area contributed by atoms with Gasteiger partial charge in [0.1, 0.15) is 5.60 Å². The Labute approximate surface area is 142 Å². The minimum Gasteiger partial charge on any atom is -0.377 e. The Morgan fingerprint density at radius 3 is 2.29 bits per heavy atom. The minimum absolute atomic E-state index is 0.414. The van der Waals surface area contributed by atoms with Crippen molar-refractivity contribution >= 4 is 21.5 Å². The second kappa shape index (κ2) is 6.74. The lowest BCUT2D eigenvalue weighted by atomic mass is 9.94. The molecule has 0 unspecified atom stereocenters. The molecule has 1 N–H and O–H groups in total. The fraction of sp³-hybridized carbons (Fsp3) is 0.130. The van der Waals surface area contributed by atoms with Crippen molar-refractivity contribution in [3.05, 3.63) is 85.5 Å². The molecule has 118 valence electrons. The lowest BCUT2D eigenvalue weighted by Crippen LogP contribution is -2.24. The molecule has 0 bridgehead atoms. The van der Waals surface area contributed by atoms with E-state index in [4.69, 9.17) is 0 Å². The second-order valence-corrected chi connectivity index (χ2v) is 5.96. The quantitative estimate of drug-likeness (QED) is 0.397. The summed E-state index contributed by atoms with van der Waals surface area (Å²) in [6.45, 7) is 7.42. The van der Waals surface area contributed by atoms with E-state index in [1.807, 2.05) is 24.3 Å². The van der Waals surface area contributed by atoms with Gasteiger partial charge in [0.05, 0.1) is 0 Å². The molecule has 3 aromatic rings. The van der Waals surface area contributed by atoms with Crippen LogP contribution in [0.1, 0.15) is 18.4 Å². The molecule has 0 amide bonds. The van der Waals surface area contributed by atoms with Gasteiger partial charge in [0, 0.05) is 23.8 Å². The number of rotatable bonds is 4. The number of hydrogen-bond acceptors (Lipinski definition) is 1. The van der Waals surface area contributed by atoms with Gasteiger partial charge in [-0.2, -0.15) is 0 Å². The SMILES string of the molecule is C=CCC(O)(C#Cc1cccc2ccc3ccccc3c12)CC=C. The van der Waals surface area contributed by atoms with Crippen LogP contribution in [0.2, 0.25) is 0 Å². The van der Waals surface area contributed by atoms with Gasteiger partial charge in [-0.05, 0) is 22.2 Å². The molecule has 1 heteroatoms. The highest BCUT2D eigenvalue weighted by atomic mass is 16.3. The number of benzene rings is 3. The van der Waals surface area contributed by atoms with E-state index < -0.39 is 5.60 Å². The normalized spacial score (nSPS) is 11.0. The van der Waals surface area contributed by atoms with Crippen molar-refractivity contribution < 1.29 is 5.11 Å². The molecule has 1 nitrogen and oxygen atoms in total. The molecule has 0 aliphatic rings. The molecule has 0 radical (unpaired) electrons. The van der Waals surface area contributed by atoms with E-state index >= 15 is 0 Å². The van der Waals surface area contributed by atoms with Gasteiger partial charge >= 0.3 is 0 Å². The van der Waals surface area contributed by atoms with Crippen molar-refractivity contribution in [2.75, 3.05) is 0 Å². The van der Waals surface area contributed by atoms with E-state index in [1.165, 1.54) is 10.8 Å². The molecule has 3 rings (SSSR count). The first-order valence-electron chi connectivity index (χ1n) is 8.05. The van der Waals surface area contributed by atoms with Crippen molar-refractivity contribution in [3.8, 4) is 11.8 Å². The van der Waals surface area contributed by atoms with Crippen molar-refractivity contribution in [2.24, 2.45) is 0 Å². The highest BCUT2D eigenvalue weighted by Crippen LogP contribution is 2.28. The maximum atomic E-state index is 10.6. The van der Waals surface area contributed by atoms with Gasteiger partial charge in [-0.1, -0.05) is 72.5 Å². The largest absolute Gasteiger partial charge is 0.377 e. The van der Waals surface area contributed by atoms with Crippen LogP contribution < -0.4 is 0 Å². The van der Waals surface area contributed by atoms with Crippen molar-refractivity contribution in [1.82, 2.24) is 0 Å². The molecular formula is C23H20O. The summed E-state index contributed by atoms with van der Waals surface area (Å²) in [6, 6.07) is 18.6. The monoisotopic (exact) mass is 312 g/mol. The first-order valence-corrected chi connectivity index (χ1v) is 8.05. The third-order valence-electron chi connectivity index (χ3n) is 4.16. The standard InChI is InChI=1S/C23H20O/c1-3-15-23(24,16-4-2)17-14-20-10-7-9-19-13-12-18-8-5-6-11-21(18)22(19)20/h3-13,24H,1-2,15-16H2. The highest BCUT2D eigenvalue weighted by Gasteiger charge is 2.20. The number of aliphatic hydroxyl groups is 1. The van der Waals surface area contributed by atoms with Crippen molar-refractivity contribution in [3.63, 3.8) is 0 Å². The molecule has 0 fully saturated rings. The van der Waals surface area contributed by atoms with Crippen LogP contribution in [0.5, 0.6) is 0 Å². The Morgan fingerprint density at radius 2 is 1.54 bits per heavy atom. The van der Waals surface area contributed by atoms with E-state index in [2.05, 4.69) is 55.3 Å². The van der Waals surface area contributed by atoms with E-state index in [0.29, 0.717) is 12.8 Å². The Hall–Kier alpha value is -2.82. The van der Waals surface area contributed by atoms with Gasteiger partial charge in [-0.25, -0.2) is 0 Å². The molecule has 0 spiro atoms. The Kier molecular flexibility index (Phi) is 4.51. The maximum absolute atomic E-state index is 10.6. The molecule has 0 heterocycles. The topological polar surface area (TPSA) is 20.2 Å². The van der Waals surface area contributed by atoms with Crippen LogP contribution in [0.15, 0.2) is 79.9 Å². The summed E-state index contributed by atoms with van der Waals surface area (Å²) < 4.78 is 0. The van der Waals surface area contributed by atoms with E-state index in [-0.39, 0.29) is 0 Å². The van der Waals surface area contributed by atoms with Crippen LogP contribution in [0.4, 0.5) is 0 Å². The summed E-state index contributed by atoms with van der Waals surface area (Å²) in [7, 11) is 0. The Morgan fingerprint density at radius 1 is 0.875 bits per heavy atom. The average molecular weight is 312 g/mol. The van der Waals surface area contributed by atoms with Crippen LogP contribution in [0, 0.1) is 11.8 Å². The predicted molar refractivity (Wildman–Crippen MR) is 103 cm³/mol. The van der Waals surface area contributed by atoms with E-state index in [1.54, 1.807) is 12.2 Å². The predicted octanol–water partition coefficient (Wildman–Crippen LogP) is 5.23. The van der Waals surface area contributed by atoms with Crippen LogP contribution in [0.3, 0.4) is 0 Å². The summed E-state index contributed by atoms with van der Waals surface area (Å²) >= 11 is 0. The molecular weight excluding hydrogens is 292 g/mol. The van der Waals surface area contributed by atoms with Crippen molar-refractivity contribution in [2.45, 2.75) is 18.4 Å². The summed E-state index contributed by atoms with van der Waals surface area (Å²) in [4.78, 5) is 0. The molecule has 0 saturated carbocycles. The number of hydrogen-bond donors (Lipinski definition) is 1. The van der Waals surface area contributed by atoms with Crippen LogP contribution in [0.25, 0.3) is 21.5 Å². The fourth-order valence-electron chi connectivity index (χ4n) is 3.01. The molecule has 0 aliphatic carbocycles. The second-order valence-electron chi connectivity index (χ2n) is 5.96. The lowest BCUT2D eigenvalue weighted by Gasteiger charge is -2.18. The molecule has 0 atom stereocenters. The smallest absolute Gasteiger partial charge is 0.132 e. The molecule has 0 aromatic heterocycles. The van der Waals surface area contributed by atoms with Crippen LogP contribution in [-0.4, -0.2) is 10.7 Å². The highest BCUT2D eigenvalue weighted by molar-refractivity contribution is 6.10. The molecule has 24 heavy (non-hydrogen) atoms. The summed E-state index contributed by atoms with van der Waals surface area (Å²) in [5.41, 5.74) is -0.188. The third-order valence-corrected chi connectivity index (χ3v) is 4.16. The lowest BCUT2D eigenvalue weighted by molar-refractivity contribution is 0.108. The van der Waals surface area contributed by atoms with E-state index in [9.17, 15) is 5.11 Å². The zero-order valence-electron chi connectivity index (χ0n) is 13.6. The average Bonchev–Trinajstić information content (AvgIpc) is 2.60. The first-order chi connectivity index (χ1) is 11.7. The Bertz CT molecular complexity index is 959.